The third kappa shape index (κ3) is 4.39. The van der Waals surface area contributed by atoms with Crippen molar-refractivity contribution in [2.75, 3.05) is 25.6 Å². The summed E-state index contributed by atoms with van der Waals surface area (Å²) in [5, 5.41) is 13.3. The van der Waals surface area contributed by atoms with Crippen molar-refractivity contribution in [2.24, 2.45) is 0 Å². The van der Waals surface area contributed by atoms with Gasteiger partial charge in [-0.15, -0.1) is 0 Å². The lowest BCUT2D eigenvalue weighted by Crippen LogP contribution is -2.05. The number of anilines is 1. The van der Waals surface area contributed by atoms with Gasteiger partial charge in [0, 0.05) is 31.0 Å². The number of phenols is 1. The molecular formula is C17H21NO3. The summed E-state index contributed by atoms with van der Waals surface area (Å²) in [5.74, 6) is 1.14. The van der Waals surface area contributed by atoms with Gasteiger partial charge in [0.25, 0.3) is 0 Å². The molecule has 2 aromatic carbocycles. The smallest absolute Gasteiger partial charge is 0.123 e. The maximum Gasteiger partial charge on any atom is 0.123 e. The molecule has 0 saturated carbocycles. The molecule has 0 saturated heterocycles. The van der Waals surface area contributed by atoms with Gasteiger partial charge in [-0.1, -0.05) is 24.3 Å². The van der Waals surface area contributed by atoms with E-state index in [1.807, 2.05) is 49.4 Å². The number of methoxy groups -OCH3 is 1. The van der Waals surface area contributed by atoms with E-state index in [9.17, 15) is 5.11 Å². The second kappa shape index (κ2) is 7.55. The third-order valence-electron chi connectivity index (χ3n) is 3.19. The van der Waals surface area contributed by atoms with Crippen LogP contribution in [0.25, 0.3) is 0 Å². The largest absolute Gasteiger partial charge is 0.507 e. The topological polar surface area (TPSA) is 50.7 Å². The first-order valence-electron chi connectivity index (χ1n) is 6.94. The molecule has 0 aliphatic carbocycles. The summed E-state index contributed by atoms with van der Waals surface area (Å²) in [6.45, 7) is 3.55. The van der Waals surface area contributed by atoms with Crippen molar-refractivity contribution in [1.29, 1.82) is 0 Å². The number of phenolic OH excluding ortho intramolecular Hbond substituents is 1. The van der Waals surface area contributed by atoms with Gasteiger partial charge >= 0.3 is 0 Å². The van der Waals surface area contributed by atoms with Crippen molar-refractivity contribution in [3.63, 3.8) is 0 Å². The predicted octanol–water partition coefficient (Wildman–Crippen LogP) is 3.34. The molecule has 0 radical (unpaired) electrons. The monoisotopic (exact) mass is 287 g/mol. The summed E-state index contributed by atoms with van der Waals surface area (Å²) < 4.78 is 10.5. The number of benzene rings is 2. The Morgan fingerprint density at radius 3 is 2.71 bits per heavy atom. The standard InChI is InChI=1S/C17H21NO3/c1-13-5-3-6-14(17(13)19)12-18-15-7-4-8-16(11-15)21-10-9-20-2/h3-8,11,18-19H,9-10,12H2,1-2H3. The number of ether oxygens (including phenoxy) is 2. The number of hydrogen-bond donors (Lipinski definition) is 2. The molecule has 0 fully saturated rings. The van der Waals surface area contributed by atoms with E-state index >= 15 is 0 Å². The zero-order valence-electron chi connectivity index (χ0n) is 12.4. The van der Waals surface area contributed by atoms with Gasteiger partial charge in [-0.05, 0) is 24.6 Å². The summed E-state index contributed by atoms with van der Waals surface area (Å²) in [7, 11) is 1.65. The van der Waals surface area contributed by atoms with E-state index in [-0.39, 0.29) is 0 Å². The first kappa shape index (κ1) is 15.2. The number of aromatic hydroxyl groups is 1. The lowest BCUT2D eigenvalue weighted by molar-refractivity contribution is 0.146. The number of rotatable bonds is 7. The van der Waals surface area contributed by atoms with Gasteiger partial charge in [-0.25, -0.2) is 0 Å². The van der Waals surface area contributed by atoms with Gasteiger partial charge in [0.15, 0.2) is 0 Å². The van der Waals surface area contributed by atoms with Crippen LogP contribution in [0.4, 0.5) is 5.69 Å². The number of aryl methyl sites for hydroxylation is 1. The highest BCUT2D eigenvalue weighted by molar-refractivity contribution is 5.50. The van der Waals surface area contributed by atoms with Crippen LogP contribution in [0.2, 0.25) is 0 Å². The van der Waals surface area contributed by atoms with Crippen LogP contribution in [0.1, 0.15) is 11.1 Å². The summed E-state index contributed by atoms with van der Waals surface area (Å²) in [4.78, 5) is 0. The Balaban J connectivity index is 1.96. The van der Waals surface area contributed by atoms with Crippen LogP contribution >= 0.6 is 0 Å². The van der Waals surface area contributed by atoms with E-state index in [4.69, 9.17) is 9.47 Å². The Hall–Kier alpha value is -2.20. The Morgan fingerprint density at radius 2 is 1.90 bits per heavy atom. The molecule has 0 heterocycles. The molecule has 21 heavy (non-hydrogen) atoms. The van der Waals surface area contributed by atoms with Gasteiger partial charge in [0.2, 0.25) is 0 Å². The van der Waals surface area contributed by atoms with Crippen molar-refractivity contribution < 1.29 is 14.6 Å². The fourth-order valence-corrected chi connectivity index (χ4v) is 2.00. The van der Waals surface area contributed by atoms with Crippen molar-refractivity contribution in [2.45, 2.75) is 13.5 Å². The highest BCUT2D eigenvalue weighted by atomic mass is 16.5. The fourth-order valence-electron chi connectivity index (χ4n) is 2.00. The molecule has 2 N–H and O–H groups in total. The van der Waals surface area contributed by atoms with Gasteiger partial charge < -0.3 is 19.9 Å². The molecule has 112 valence electrons. The fraction of sp³-hybridized carbons (Fsp3) is 0.294. The molecule has 2 aromatic rings. The number of nitrogens with one attached hydrogen (secondary N) is 1. The van der Waals surface area contributed by atoms with Crippen molar-refractivity contribution in [3.8, 4) is 11.5 Å². The zero-order chi connectivity index (χ0) is 15.1. The molecule has 0 bridgehead atoms. The normalized spacial score (nSPS) is 10.4. The Labute approximate surface area is 125 Å². The molecule has 0 amide bonds. The van der Waals surface area contributed by atoms with E-state index in [1.54, 1.807) is 7.11 Å². The van der Waals surface area contributed by atoms with Crippen LogP contribution in [0, 0.1) is 6.92 Å². The summed E-state index contributed by atoms with van der Waals surface area (Å²) in [5.41, 5.74) is 2.71. The van der Waals surface area contributed by atoms with Crippen LogP contribution in [0.5, 0.6) is 11.5 Å². The molecule has 4 heteroatoms. The first-order valence-corrected chi connectivity index (χ1v) is 6.94. The van der Waals surface area contributed by atoms with Crippen molar-refractivity contribution in [3.05, 3.63) is 53.6 Å². The van der Waals surface area contributed by atoms with Crippen LogP contribution in [0.15, 0.2) is 42.5 Å². The van der Waals surface area contributed by atoms with E-state index in [0.717, 1.165) is 22.6 Å². The van der Waals surface area contributed by atoms with Crippen LogP contribution in [-0.4, -0.2) is 25.4 Å². The predicted molar refractivity (Wildman–Crippen MR) is 84.0 cm³/mol. The van der Waals surface area contributed by atoms with Gasteiger partial charge in [0.05, 0.1) is 6.61 Å². The SMILES string of the molecule is COCCOc1cccc(NCc2cccc(C)c2O)c1. The minimum Gasteiger partial charge on any atom is -0.507 e. The third-order valence-corrected chi connectivity index (χ3v) is 3.19. The maximum absolute atomic E-state index is 9.99. The summed E-state index contributed by atoms with van der Waals surface area (Å²) >= 11 is 0. The van der Waals surface area contributed by atoms with Gasteiger partial charge in [-0.3, -0.25) is 0 Å². The first-order chi connectivity index (χ1) is 10.2. The van der Waals surface area contributed by atoms with E-state index in [0.29, 0.717) is 25.5 Å². The highest BCUT2D eigenvalue weighted by Gasteiger charge is 2.03. The molecule has 0 aromatic heterocycles. The molecule has 0 spiro atoms. The Bertz CT molecular complexity index is 584. The lowest BCUT2D eigenvalue weighted by atomic mass is 10.1. The molecule has 0 unspecified atom stereocenters. The van der Waals surface area contributed by atoms with Gasteiger partial charge in [-0.2, -0.15) is 0 Å². The summed E-state index contributed by atoms with van der Waals surface area (Å²) in [6, 6.07) is 13.5. The Morgan fingerprint density at radius 1 is 1.10 bits per heavy atom. The van der Waals surface area contributed by atoms with E-state index in [1.165, 1.54) is 0 Å². The molecular weight excluding hydrogens is 266 g/mol. The molecule has 4 nitrogen and oxygen atoms in total. The van der Waals surface area contributed by atoms with Crippen molar-refractivity contribution >= 4 is 5.69 Å². The minimum absolute atomic E-state index is 0.345. The molecule has 0 atom stereocenters. The lowest BCUT2D eigenvalue weighted by Gasteiger charge is -2.11. The van der Waals surface area contributed by atoms with Crippen LogP contribution in [0.3, 0.4) is 0 Å². The number of para-hydroxylation sites is 1. The highest BCUT2D eigenvalue weighted by Crippen LogP contribution is 2.23. The maximum atomic E-state index is 9.99. The molecule has 0 aliphatic heterocycles. The summed E-state index contributed by atoms with van der Waals surface area (Å²) in [6.07, 6.45) is 0. The van der Waals surface area contributed by atoms with Crippen LogP contribution in [-0.2, 0) is 11.3 Å². The quantitative estimate of drug-likeness (QED) is 0.767. The van der Waals surface area contributed by atoms with E-state index < -0.39 is 0 Å². The molecule has 2 rings (SSSR count). The van der Waals surface area contributed by atoms with Crippen LogP contribution < -0.4 is 10.1 Å². The minimum atomic E-state index is 0.345. The zero-order valence-corrected chi connectivity index (χ0v) is 12.4. The number of hydrogen-bond acceptors (Lipinski definition) is 4. The van der Waals surface area contributed by atoms with E-state index in [2.05, 4.69) is 5.32 Å². The second-order valence-corrected chi connectivity index (χ2v) is 4.81. The second-order valence-electron chi connectivity index (χ2n) is 4.81. The van der Waals surface area contributed by atoms with Gasteiger partial charge in [0.1, 0.15) is 18.1 Å². The Kier molecular flexibility index (Phi) is 5.46. The molecule has 0 aliphatic rings. The average molecular weight is 287 g/mol. The van der Waals surface area contributed by atoms with Crippen molar-refractivity contribution in [1.82, 2.24) is 0 Å². The average Bonchev–Trinajstić information content (AvgIpc) is 2.50.